The van der Waals surface area contributed by atoms with Crippen molar-refractivity contribution in [3.8, 4) is 0 Å². The number of nitrogens with zero attached hydrogens (tertiary/aromatic N) is 1. The van der Waals surface area contributed by atoms with Gasteiger partial charge in [-0.2, -0.15) is 0 Å². The maximum absolute atomic E-state index is 12.0. The summed E-state index contributed by atoms with van der Waals surface area (Å²) in [7, 11) is 0. The van der Waals surface area contributed by atoms with Crippen LogP contribution in [0.25, 0.3) is 0 Å². The lowest BCUT2D eigenvalue weighted by Gasteiger charge is -2.33. The molecule has 0 spiro atoms. The number of hydrogen-bond donors (Lipinski definition) is 1. The zero-order valence-corrected chi connectivity index (χ0v) is 10.4. The number of urea groups is 1. The highest BCUT2D eigenvalue weighted by Crippen LogP contribution is 2.24. The number of carbonyl (C=O) groups is 1. The van der Waals surface area contributed by atoms with Gasteiger partial charge in [0.25, 0.3) is 0 Å². The van der Waals surface area contributed by atoms with E-state index in [0.29, 0.717) is 6.04 Å². The van der Waals surface area contributed by atoms with Crippen LogP contribution in [0.5, 0.6) is 0 Å². The van der Waals surface area contributed by atoms with Crippen LogP contribution in [0.1, 0.15) is 51.9 Å². The van der Waals surface area contributed by atoms with E-state index in [2.05, 4.69) is 12.2 Å². The van der Waals surface area contributed by atoms with E-state index < -0.39 is 0 Å². The minimum atomic E-state index is 0.166. The number of carbonyl (C=O) groups excluding carboxylic acids is 1. The predicted octanol–water partition coefficient (Wildman–Crippen LogP) is 2.76. The highest BCUT2D eigenvalue weighted by Gasteiger charge is 2.24. The molecule has 0 radical (unpaired) electrons. The zero-order chi connectivity index (χ0) is 11.4. The minimum absolute atomic E-state index is 0.166. The van der Waals surface area contributed by atoms with Gasteiger partial charge in [0.1, 0.15) is 0 Å². The van der Waals surface area contributed by atoms with E-state index in [1.807, 2.05) is 4.90 Å². The topological polar surface area (TPSA) is 32.3 Å². The van der Waals surface area contributed by atoms with Crippen LogP contribution in [0.15, 0.2) is 0 Å². The highest BCUT2D eigenvalue weighted by atomic mass is 16.2. The first kappa shape index (κ1) is 11.7. The number of piperidine rings is 1. The van der Waals surface area contributed by atoms with Crippen molar-refractivity contribution in [2.24, 2.45) is 5.92 Å². The molecule has 1 saturated carbocycles. The third-order valence-corrected chi connectivity index (χ3v) is 4.08. The first-order valence-electron chi connectivity index (χ1n) is 6.82. The van der Waals surface area contributed by atoms with Crippen LogP contribution in [0.4, 0.5) is 4.79 Å². The Morgan fingerprint density at radius 1 is 1.19 bits per heavy atom. The molecule has 1 N–H and O–H groups in total. The van der Waals surface area contributed by atoms with Gasteiger partial charge in [-0.1, -0.05) is 12.8 Å². The van der Waals surface area contributed by atoms with E-state index in [0.717, 1.165) is 25.4 Å². The fourth-order valence-corrected chi connectivity index (χ4v) is 2.95. The van der Waals surface area contributed by atoms with Crippen LogP contribution >= 0.6 is 0 Å². The van der Waals surface area contributed by atoms with Crippen molar-refractivity contribution < 1.29 is 4.79 Å². The average Bonchev–Trinajstić information content (AvgIpc) is 2.79. The predicted molar refractivity (Wildman–Crippen MR) is 65.4 cm³/mol. The molecule has 2 fully saturated rings. The first-order chi connectivity index (χ1) is 7.77. The summed E-state index contributed by atoms with van der Waals surface area (Å²) in [6.07, 6.45) is 8.90. The smallest absolute Gasteiger partial charge is 0.317 e. The van der Waals surface area contributed by atoms with Crippen molar-refractivity contribution in [3.63, 3.8) is 0 Å². The SMILES string of the molecule is CC1CCCCN1C(=O)NCC1CCCC1. The van der Waals surface area contributed by atoms with Crippen LogP contribution in [-0.2, 0) is 0 Å². The second-order valence-electron chi connectivity index (χ2n) is 5.37. The molecule has 1 saturated heterocycles. The molecule has 1 unspecified atom stereocenters. The molecule has 92 valence electrons. The summed E-state index contributed by atoms with van der Waals surface area (Å²) < 4.78 is 0. The highest BCUT2D eigenvalue weighted by molar-refractivity contribution is 5.74. The van der Waals surface area contributed by atoms with Gasteiger partial charge in [0.15, 0.2) is 0 Å². The Kier molecular flexibility index (Phi) is 4.08. The molecule has 1 aliphatic carbocycles. The van der Waals surface area contributed by atoms with Gasteiger partial charge >= 0.3 is 6.03 Å². The van der Waals surface area contributed by atoms with Crippen LogP contribution in [-0.4, -0.2) is 30.1 Å². The summed E-state index contributed by atoms with van der Waals surface area (Å²) in [4.78, 5) is 14.0. The Bertz CT molecular complexity index is 236. The molecule has 1 aliphatic heterocycles. The van der Waals surface area contributed by atoms with Gasteiger partial charge in [0.05, 0.1) is 0 Å². The normalized spacial score (nSPS) is 27.1. The van der Waals surface area contributed by atoms with Gasteiger partial charge in [-0.3, -0.25) is 0 Å². The first-order valence-corrected chi connectivity index (χ1v) is 6.82. The number of likely N-dealkylation sites (tertiary alicyclic amines) is 1. The van der Waals surface area contributed by atoms with Crippen molar-refractivity contribution in [3.05, 3.63) is 0 Å². The van der Waals surface area contributed by atoms with E-state index in [9.17, 15) is 4.79 Å². The molecule has 0 aromatic rings. The molecule has 3 nitrogen and oxygen atoms in total. The number of amides is 2. The lowest BCUT2D eigenvalue weighted by molar-refractivity contribution is 0.157. The summed E-state index contributed by atoms with van der Waals surface area (Å²) >= 11 is 0. The molecule has 0 aromatic carbocycles. The fourth-order valence-electron chi connectivity index (χ4n) is 2.95. The largest absolute Gasteiger partial charge is 0.338 e. The van der Waals surface area contributed by atoms with Crippen molar-refractivity contribution in [1.82, 2.24) is 10.2 Å². The summed E-state index contributed by atoms with van der Waals surface area (Å²) in [5, 5.41) is 3.11. The maximum atomic E-state index is 12.0. The number of hydrogen-bond acceptors (Lipinski definition) is 1. The minimum Gasteiger partial charge on any atom is -0.338 e. The van der Waals surface area contributed by atoms with Gasteiger partial charge < -0.3 is 10.2 Å². The Labute approximate surface area is 98.6 Å². The molecule has 2 aliphatic rings. The Hall–Kier alpha value is -0.730. The van der Waals surface area contributed by atoms with Crippen molar-refractivity contribution in [2.45, 2.75) is 57.9 Å². The molecule has 3 heteroatoms. The van der Waals surface area contributed by atoms with Crippen LogP contribution in [0.2, 0.25) is 0 Å². The molecular formula is C13H24N2O. The summed E-state index contributed by atoms with van der Waals surface area (Å²) in [6, 6.07) is 0.594. The van der Waals surface area contributed by atoms with Gasteiger partial charge in [-0.05, 0) is 44.9 Å². The third-order valence-electron chi connectivity index (χ3n) is 4.08. The van der Waals surface area contributed by atoms with Gasteiger partial charge in [0, 0.05) is 19.1 Å². The van der Waals surface area contributed by atoms with Crippen molar-refractivity contribution in [1.29, 1.82) is 0 Å². The monoisotopic (exact) mass is 224 g/mol. The molecule has 2 rings (SSSR count). The van der Waals surface area contributed by atoms with Gasteiger partial charge in [-0.15, -0.1) is 0 Å². The second-order valence-corrected chi connectivity index (χ2v) is 5.37. The number of nitrogens with one attached hydrogen (secondary N) is 1. The molecule has 1 heterocycles. The summed E-state index contributed by atoms with van der Waals surface area (Å²) in [6.45, 7) is 3.99. The molecule has 16 heavy (non-hydrogen) atoms. The summed E-state index contributed by atoms with van der Waals surface area (Å²) in [5.74, 6) is 0.740. The van der Waals surface area contributed by atoms with Crippen LogP contribution in [0.3, 0.4) is 0 Å². The molecular weight excluding hydrogens is 200 g/mol. The fraction of sp³-hybridized carbons (Fsp3) is 0.923. The molecule has 1 atom stereocenters. The Morgan fingerprint density at radius 3 is 2.56 bits per heavy atom. The summed E-state index contributed by atoms with van der Waals surface area (Å²) in [5.41, 5.74) is 0. The van der Waals surface area contributed by atoms with E-state index in [-0.39, 0.29) is 6.03 Å². The standard InChI is InChI=1S/C13H24N2O/c1-11-6-4-5-9-15(11)13(16)14-10-12-7-2-3-8-12/h11-12H,2-10H2,1H3,(H,14,16). The quantitative estimate of drug-likeness (QED) is 0.768. The lowest BCUT2D eigenvalue weighted by Crippen LogP contribution is -2.48. The van der Waals surface area contributed by atoms with Crippen molar-refractivity contribution >= 4 is 6.03 Å². The lowest BCUT2D eigenvalue weighted by atomic mass is 10.0. The number of rotatable bonds is 2. The Balaban J connectivity index is 1.73. The van der Waals surface area contributed by atoms with Gasteiger partial charge in [0.2, 0.25) is 0 Å². The van der Waals surface area contributed by atoms with E-state index in [1.165, 1.54) is 38.5 Å². The van der Waals surface area contributed by atoms with E-state index in [1.54, 1.807) is 0 Å². The van der Waals surface area contributed by atoms with E-state index in [4.69, 9.17) is 0 Å². The van der Waals surface area contributed by atoms with Crippen LogP contribution < -0.4 is 5.32 Å². The van der Waals surface area contributed by atoms with Gasteiger partial charge in [-0.25, -0.2) is 4.79 Å². The molecule has 2 amide bonds. The molecule has 0 aromatic heterocycles. The van der Waals surface area contributed by atoms with E-state index >= 15 is 0 Å². The van der Waals surface area contributed by atoms with Crippen molar-refractivity contribution in [2.75, 3.05) is 13.1 Å². The Morgan fingerprint density at radius 2 is 1.88 bits per heavy atom. The zero-order valence-electron chi connectivity index (χ0n) is 10.4. The third kappa shape index (κ3) is 2.89. The van der Waals surface area contributed by atoms with Crippen LogP contribution in [0, 0.1) is 5.92 Å². The molecule has 0 bridgehead atoms. The average molecular weight is 224 g/mol. The second kappa shape index (κ2) is 5.55. The maximum Gasteiger partial charge on any atom is 0.317 e.